The zero-order valence-electron chi connectivity index (χ0n) is 8.05. The lowest BCUT2D eigenvalue weighted by Gasteiger charge is -2.16. The number of nitrogens with zero attached hydrogens (tertiary/aromatic N) is 1. The summed E-state index contributed by atoms with van der Waals surface area (Å²) in [7, 11) is 0. The molecule has 0 radical (unpaired) electrons. The molecule has 0 spiro atoms. The summed E-state index contributed by atoms with van der Waals surface area (Å²) in [4.78, 5) is 11.4. The molecule has 4 nitrogen and oxygen atoms in total. The quantitative estimate of drug-likeness (QED) is 0.706. The smallest absolute Gasteiger partial charge is 0.267 e. The molecule has 2 N–H and O–H groups in total. The van der Waals surface area contributed by atoms with Gasteiger partial charge in [-0.2, -0.15) is 5.10 Å². The highest BCUT2D eigenvalue weighted by Crippen LogP contribution is 2.19. The standard InChI is InChI=1S/C10H14N2O2/c13-6-5-9-7-3-1-2-4-8(7)10(14)12-11-9/h13H,1-6H2,(H,12,14). The molecule has 0 aliphatic heterocycles. The maximum atomic E-state index is 11.4. The molecule has 1 aliphatic rings. The van der Waals surface area contributed by atoms with E-state index in [1.807, 2.05) is 0 Å². The lowest BCUT2D eigenvalue weighted by molar-refractivity contribution is 0.297. The first kappa shape index (κ1) is 9.40. The van der Waals surface area contributed by atoms with Gasteiger partial charge in [-0.05, 0) is 31.2 Å². The first-order chi connectivity index (χ1) is 6.83. The van der Waals surface area contributed by atoms with Gasteiger partial charge in [0.05, 0.1) is 5.69 Å². The Morgan fingerprint density at radius 3 is 2.71 bits per heavy atom. The number of aliphatic hydroxyl groups is 1. The van der Waals surface area contributed by atoms with Crippen LogP contribution in [-0.4, -0.2) is 21.9 Å². The summed E-state index contributed by atoms with van der Waals surface area (Å²) in [5.74, 6) is 0. The Kier molecular flexibility index (Phi) is 2.63. The van der Waals surface area contributed by atoms with E-state index in [4.69, 9.17) is 5.11 Å². The van der Waals surface area contributed by atoms with Crippen molar-refractivity contribution in [3.8, 4) is 0 Å². The normalized spacial score (nSPS) is 15.2. The Bertz CT molecular complexity index is 384. The molecule has 0 bridgehead atoms. The third-order valence-electron chi connectivity index (χ3n) is 2.73. The summed E-state index contributed by atoms with van der Waals surface area (Å²) in [5, 5.41) is 15.3. The predicted molar refractivity (Wildman–Crippen MR) is 52.3 cm³/mol. The number of fused-ring (bicyclic) bond motifs is 1. The maximum Gasteiger partial charge on any atom is 0.267 e. The van der Waals surface area contributed by atoms with Gasteiger partial charge in [0.25, 0.3) is 5.56 Å². The van der Waals surface area contributed by atoms with Crippen molar-refractivity contribution in [1.82, 2.24) is 10.2 Å². The molecule has 1 heterocycles. The molecular weight excluding hydrogens is 180 g/mol. The number of aromatic nitrogens is 2. The minimum atomic E-state index is -0.0543. The van der Waals surface area contributed by atoms with E-state index in [0.29, 0.717) is 6.42 Å². The average molecular weight is 194 g/mol. The molecular formula is C10H14N2O2. The van der Waals surface area contributed by atoms with Crippen LogP contribution in [0.1, 0.15) is 29.7 Å². The highest BCUT2D eigenvalue weighted by atomic mass is 16.3. The Balaban J connectivity index is 2.48. The van der Waals surface area contributed by atoms with E-state index >= 15 is 0 Å². The predicted octanol–water partition coefficient (Wildman–Crippen LogP) is 0.183. The van der Waals surface area contributed by atoms with Gasteiger partial charge in [0.2, 0.25) is 0 Å². The molecule has 2 rings (SSSR count). The zero-order valence-corrected chi connectivity index (χ0v) is 8.05. The largest absolute Gasteiger partial charge is 0.396 e. The topological polar surface area (TPSA) is 66.0 Å². The summed E-state index contributed by atoms with van der Waals surface area (Å²) >= 11 is 0. The zero-order chi connectivity index (χ0) is 9.97. The molecule has 4 heteroatoms. The monoisotopic (exact) mass is 194 g/mol. The van der Waals surface area contributed by atoms with E-state index < -0.39 is 0 Å². The van der Waals surface area contributed by atoms with E-state index in [1.165, 1.54) is 0 Å². The molecule has 0 saturated carbocycles. The van der Waals surface area contributed by atoms with Crippen molar-refractivity contribution in [1.29, 1.82) is 0 Å². The van der Waals surface area contributed by atoms with Gasteiger partial charge in [-0.15, -0.1) is 0 Å². The molecule has 0 unspecified atom stereocenters. The summed E-state index contributed by atoms with van der Waals surface area (Å²) in [5.41, 5.74) is 2.77. The number of rotatable bonds is 2. The summed E-state index contributed by atoms with van der Waals surface area (Å²) in [6.07, 6.45) is 4.53. The van der Waals surface area contributed by atoms with Crippen LogP contribution in [0.25, 0.3) is 0 Å². The molecule has 0 amide bonds. The second-order valence-electron chi connectivity index (χ2n) is 3.64. The van der Waals surface area contributed by atoms with E-state index in [0.717, 1.165) is 42.5 Å². The van der Waals surface area contributed by atoms with Crippen molar-refractivity contribution in [2.75, 3.05) is 6.61 Å². The third kappa shape index (κ3) is 1.57. The van der Waals surface area contributed by atoms with Crippen LogP contribution in [0.15, 0.2) is 4.79 Å². The molecule has 76 valence electrons. The molecule has 1 aromatic heterocycles. The van der Waals surface area contributed by atoms with Crippen molar-refractivity contribution in [2.24, 2.45) is 0 Å². The van der Waals surface area contributed by atoms with Crippen molar-refractivity contribution in [3.05, 3.63) is 27.2 Å². The van der Waals surface area contributed by atoms with Crippen molar-refractivity contribution in [3.63, 3.8) is 0 Å². The fourth-order valence-electron chi connectivity index (χ4n) is 2.04. The van der Waals surface area contributed by atoms with Crippen LogP contribution < -0.4 is 5.56 Å². The summed E-state index contributed by atoms with van der Waals surface area (Å²) in [6, 6.07) is 0. The first-order valence-electron chi connectivity index (χ1n) is 5.03. The minimum absolute atomic E-state index is 0.0543. The Hall–Kier alpha value is -1.16. The van der Waals surface area contributed by atoms with Crippen LogP contribution in [0.4, 0.5) is 0 Å². The number of H-pyrrole nitrogens is 1. The highest BCUT2D eigenvalue weighted by molar-refractivity contribution is 5.30. The van der Waals surface area contributed by atoms with Gasteiger partial charge >= 0.3 is 0 Å². The van der Waals surface area contributed by atoms with Gasteiger partial charge in [0.15, 0.2) is 0 Å². The fraction of sp³-hybridized carbons (Fsp3) is 0.600. The fourth-order valence-corrected chi connectivity index (χ4v) is 2.04. The highest BCUT2D eigenvalue weighted by Gasteiger charge is 2.16. The SMILES string of the molecule is O=c1[nH]nc(CCO)c2c1CCCC2. The van der Waals surface area contributed by atoms with E-state index in [-0.39, 0.29) is 12.2 Å². The van der Waals surface area contributed by atoms with Crippen LogP contribution in [0.5, 0.6) is 0 Å². The molecule has 0 saturated heterocycles. The van der Waals surface area contributed by atoms with Crippen LogP contribution >= 0.6 is 0 Å². The van der Waals surface area contributed by atoms with Crippen LogP contribution in [0.3, 0.4) is 0 Å². The van der Waals surface area contributed by atoms with Crippen LogP contribution in [0.2, 0.25) is 0 Å². The first-order valence-corrected chi connectivity index (χ1v) is 5.03. The number of aromatic amines is 1. The Morgan fingerprint density at radius 1 is 1.29 bits per heavy atom. The molecule has 0 fully saturated rings. The number of nitrogens with one attached hydrogen (secondary N) is 1. The van der Waals surface area contributed by atoms with Gasteiger partial charge < -0.3 is 5.11 Å². The molecule has 0 aromatic carbocycles. The van der Waals surface area contributed by atoms with E-state index in [1.54, 1.807) is 0 Å². The third-order valence-corrected chi connectivity index (χ3v) is 2.73. The second kappa shape index (κ2) is 3.92. The Morgan fingerprint density at radius 2 is 2.00 bits per heavy atom. The van der Waals surface area contributed by atoms with Crippen molar-refractivity contribution in [2.45, 2.75) is 32.1 Å². The van der Waals surface area contributed by atoms with Crippen molar-refractivity contribution < 1.29 is 5.11 Å². The summed E-state index contributed by atoms with van der Waals surface area (Å²) in [6.45, 7) is 0.0888. The Labute approximate surface area is 82.0 Å². The molecule has 1 aliphatic carbocycles. The molecule has 1 aromatic rings. The van der Waals surface area contributed by atoms with Gasteiger partial charge in [0.1, 0.15) is 0 Å². The lowest BCUT2D eigenvalue weighted by Crippen LogP contribution is -2.23. The average Bonchev–Trinajstić information content (AvgIpc) is 2.23. The number of hydrogen-bond acceptors (Lipinski definition) is 3. The van der Waals surface area contributed by atoms with Crippen molar-refractivity contribution >= 4 is 0 Å². The molecule has 0 atom stereocenters. The van der Waals surface area contributed by atoms with E-state index in [9.17, 15) is 4.79 Å². The van der Waals surface area contributed by atoms with Gasteiger partial charge in [-0.1, -0.05) is 0 Å². The van der Waals surface area contributed by atoms with Gasteiger partial charge in [0, 0.05) is 18.6 Å². The molecule has 14 heavy (non-hydrogen) atoms. The van der Waals surface area contributed by atoms with Crippen LogP contribution in [-0.2, 0) is 19.3 Å². The lowest BCUT2D eigenvalue weighted by atomic mass is 9.91. The van der Waals surface area contributed by atoms with Crippen LogP contribution in [0, 0.1) is 0 Å². The minimum Gasteiger partial charge on any atom is -0.396 e. The maximum absolute atomic E-state index is 11.4. The summed E-state index contributed by atoms with van der Waals surface area (Å²) < 4.78 is 0. The second-order valence-corrected chi connectivity index (χ2v) is 3.64. The van der Waals surface area contributed by atoms with Gasteiger partial charge in [-0.25, -0.2) is 5.10 Å². The number of aliphatic hydroxyl groups excluding tert-OH is 1. The van der Waals surface area contributed by atoms with Gasteiger partial charge in [-0.3, -0.25) is 4.79 Å². The number of hydrogen-bond donors (Lipinski definition) is 2. The van der Waals surface area contributed by atoms with E-state index in [2.05, 4.69) is 10.2 Å².